The zero-order valence-corrected chi connectivity index (χ0v) is 10.4. The fraction of sp³-hybridized carbons (Fsp3) is 0.0625. The number of benzene rings is 2. The van der Waals surface area contributed by atoms with Crippen molar-refractivity contribution in [3.05, 3.63) is 78.9 Å². The third-order valence-corrected chi connectivity index (χ3v) is 1.96. The largest absolute Gasteiger partial charge is 0.423 e. The number of hydrogen-bond acceptors (Lipinski definition) is 2. The van der Waals surface area contributed by atoms with E-state index in [9.17, 15) is 4.79 Å². The van der Waals surface area contributed by atoms with Gasteiger partial charge in [0.1, 0.15) is 5.75 Å². The molecule has 2 aromatic carbocycles. The molecule has 0 fully saturated rings. The number of hydrogen-bond donors (Lipinski definition) is 0. The molecule has 0 radical (unpaired) electrons. The Balaban J connectivity index is 0.000000492. The van der Waals surface area contributed by atoms with Crippen LogP contribution < -0.4 is 4.74 Å². The van der Waals surface area contributed by atoms with Crippen LogP contribution in [0.15, 0.2) is 73.3 Å². The van der Waals surface area contributed by atoms with E-state index in [2.05, 4.69) is 6.58 Å². The number of para-hydroxylation sites is 1. The highest BCUT2D eigenvalue weighted by molar-refractivity contribution is 5.90. The van der Waals surface area contributed by atoms with Gasteiger partial charge in [-0.2, -0.15) is 0 Å². The second-order valence-electron chi connectivity index (χ2n) is 3.48. The summed E-state index contributed by atoms with van der Waals surface area (Å²) in [6.45, 7) is 5.25. The van der Waals surface area contributed by atoms with Crippen LogP contribution in [0.2, 0.25) is 0 Å². The summed E-state index contributed by atoms with van der Waals surface area (Å²) in [6, 6.07) is 18.0. The molecule has 0 aliphatic rings. The van der Waals surface area contributed by atoms with Crippen molar-refractivity contribution in [1.29, 1.82) is 0 Å². The average molecular weight is 240 g/mol. The normalized spacial score (nSPS) is 8.72. The van der Waals surface area contributed by atoms with Gasteiger partial charge in [0.2, 0.25) is 0 Å². The van der Waals surface area contributed by atoms with Crippen LogP contribution in [0.25, 0.3) is 0 Å². The summed E-state index contributed by atoms with van der Waals surface area (Å²) in [7, 11) is 0. The van der Waals surface area contributed by atoms with Crippen LogP contribution in [-0.2, 0) is 0 Å². The highest BCUT2D eigenvalue weighted by atomic mass is 16.5. The molecule has 0 amide bonds. The lowest BCUT2D eigenvalue weighted by Crippen LogP contribution is -2.07. The molecular formula is C16H16O2. The Morgan fingerprint density at radius 2 is 1.44 bits per heavy atom. The van der Waals surface area contributed by atoms with Gasteiger partial charge in [-0.3, -0.25) is 0 Å². The molecule has 18 heavy (non-hydrogen) atoms. The van der Waals surface area contributed by atoms with Crippen LogP contribution in [0.3, 0.4) is 0 Å². The average Bonchev–Trinajstić information content (AvgIpc) is 2.42. The number of carbonyl (C=O) groups is 1. The summed E-state index contributed by atoms with van der Waals surface area (Å²) < 4.78 is 5.16. The Kier molecular flexibility index (Phi) is 5.98. The van der Waals surface area contributed by atoms with Gasteiger partial charge in [0.15, 0.2) is 0 Å². The predicted octanol–water partition coefficient (Wildman–Crippen LogP) is 4.10. The summed E-state index contributed by atoms with van der Waals surface area (Å²) >= 11 is 0. The lowest BCUT2D eigenvalue weighted by molar-refractivity contribution is 0.0735. The van der Waals surface area contributed by atoms with E-state index in [0.29, 0.717) is 11.3 Å². The SMILES string of the molecule is C=CC.O=C(Oc1ccccc1)c1ccccc1. The van der Waals surface area contributed by atoms with Crippen molar-refractivity contribution in [2.75, 3.05) is 0 Å². The number of esters is 1. The van der Waals surface area contributed by atoms with Gasteiger partial charge in [-0.25, -0.2) is 4.79 Å². The standard InChI is InChI=1S/C13H10O2.C3H6/c14-13(11-7-3-1-4-8-11)15-12-9-5-2-6-10-12;1-3-2/h1-10H;3H,1H2,2H3. The molecule has 0 aliphatic carbocycles. The second kappa shape index (κ2) is 7.85. The minimum atomic E-state index is -0.332. The van der Waals surface area contributed by atoms with Crippen LogP contribution in [0.1, 0.15) is 17.3 Å². The van der Waals surface area contributed by atoms with Gasteiger partial charge in [0, 0.05) is 0 Å². The minimum Gasteiger partial charge on any atom is -0.423 e. The van der Waals surface area contributed by atoms with Crippen molar-refractivity contribution < 1.29 is 9.53 Å². The molecule has 0 unspecified atom stereocenters. The lowest BCUT2D eigenvalue weighted by atomic mass is 10.2. The van der Waals surface area contributed by atoms with Crippen molar-refractivity contribution in [3.63, 3.8) is 0 Å². The van der Waals surface area contributed by atoms with Crippen molar-refractivity contribution in [2.24, 2.45) is 0 Å². The van der Waals surface area contributed by atoms with Crippen molar-refractivity contribution in [3.8, 4) is 5.75 Å². The van der Waals surface area contributed by atoms with E-state index in [-0.39, 0.29) is 5.97 Å². The first-order valence-electron chi connectivity index (χ1n) is 5.67. The van der Waals surface area contributed by atoms with Gasteiger partial charge in [-0.05, 0) is 31.2 Å². The summed E-state index contributed by atoms with van der Waals surface area (Å²) in [5.74, 6) is 0.230. The monoisotopic (exact) mass is 240 g/mol. The maximum Gasteiger partial charge on any atom is 0.343 e. The van der Waals surface area contributed by atoms with Crippen LogP contribution in [0, 0.1) is 0 Å². The van der Waals surface area contributed by atoms with E-state index in [1.54, 1.807) is 30.3 Å². The van der Waals surface area contributed by atoms with Gasteiger partial charge in [-0.15, -0.1) is 6.58 Å². The van der Waals surface area contributed by atoms with E-state index < -0.39 is 0 Å². The van der Waals surface area contributed by atoms with E-state index in [1.165, 1.54) is 0 Å². The molecule has 2 nitrogen and oxygen atoms in total. The molecule has 0 atom stereocenters. The molecule has 92 valence electrons. The van der Waals surface area contributed by atoms with Crippen LogP contribution in [0.5, 0.6) is 5.75 Å². The first-order chi connectivity index (χ1) is 8.77. The third kappa shape index (κ3) is 4.66. The van der Waals surface area contributed by atoms with Gasteiger partial charge in [-0.1, -0.05) is 42.5 Å². The van der Waals surface area contributed by atoms with Crippen molar-refractivity contribution in [2.45, 2.75) is 6.92 Å². The van der Waals surface area contributed by atoms with Gasteiger partial charge < -0.3 is 4.74 Å². The van der Waals surface area contributed by atoms with Gasteiger partial charge >= 0.3 is 5.97 Å². The number of carbonyl (C=O) groups excluding carboxylic acids is 1. The van der Waals surface area contributed by atoms with Gasteiger partial charge in [0.05, 0.1) is 5.56 Å². The molecular weight excluding hydrogens is 224 g/mol. The Labute approximate surface area is 108 Å². The fourth-order valence-electron chi connectivity index (χ4n) is 1.23. The maximum absolute atomic E-state index is 11.6. The molecule has 0 N–H and O–H groups in total. The summed E-state index contributed by atoms with van der Waals surface area (Å²) in [4.78, 5) is 11.6. The maximum atomic E-state index is 11.6. The van der Waals surface area contributed by atoms with Crippen LogP contribution in [-0.4, -0.2) is 5.97 Å². The quantitative estimate of drug-likeness (QED) is 0.449. The lowest BCUT2D eigenvalue weighted by Gasteiger charge is -2.02. The molecule has 0 aliphatic heterocycles. The Morgan fingerprint density at radius 1 is 1.00 bits per heavy atom. The van der Waals surface area contributed by atoms with Gasteiger partial charge in [0.25, 0.3) is 0 Å². The molecule has 0 aromatic heterocycles. The molecule has 0 spiro atoms. The zero-order chi connectivity index (χ0) is 13.2. The van der Waals surface area contributed by atoms with Crippen molar-refractivity contribution in [1.82, 2.24) is 0 Å². The van der Waals surface area contributed by atoms with E-state index in [1.807, 2.05) is 43.3 Å². The smallest absolute Gasteiger partial charge is 0.343 e. The highest BCUT2D eigenvalue weighted by Gasteiger charge is 2.06. The Morgan fingerprint density at radius 3 is 1.94 bits per heavy atom. The summed E-state index contributed by atoms with van der Waals surface area (Å²) in [6.07, 6.45) is 1.75. The highest BCUT2D eigenvalue weighted by Crippen LogP contribution is 2.11. The van der Waals surface area contributed by atoms with E-state index >= 15 is 0 Å². The third-order valence-electron chi connectivity index (χ3n) is 1.96. The van der Waals surface area contributed by atoms with Crippen LogP contribution >= 0.6 is 0 Å². The number of allylic oxidation sites excluding steroid dienone is 1. The number of rotatable bonds is 2. The van der Waals surface area contributed by atoms with Crippen molar-refractivity contribution >= 4 is 5.97 Å². The molecule has 0 bridgehead atoms. The van der Waals surface area contributed by atoms with E-state index in [4.69, 9.17) is 4.74 Å². The Hall–Kier alpha value is -2.35. The zero-order valence-electron chi connectivity index (χ0n) is 10.4. The van der Waals surface area contributed by atoms with E-state index in [0.717, 1.165) is 0 Å². The Bertz CT molecular complexity index is 475. The summed E-state index contributed by atoms with van der Waals surface area (Å²) in [5.41, 5.74) is 0.557. The molecule has 2 heteroatoms. The first-order valence-corrected chi connectivity index (χ1v) is 5.67. The molecule has 0 heterocycles. The fourth-order valence-corrected chi connectivity index (χ4v) is 1.23. The number of ether oxygens (including phenoxy) is 1. The predicted molar refractivity (Wildman–Crippen MR) is 73.7 cm³/mol. The topological polar surface area (TPSA) is 26.3 Å². The second-order valence-corrected chi connectivity index (χ2v) is 3.48. The van der Waals surface area contributed by atoms with Crippen LogP contribution in [0.4, 0.5) is 0 Å². The molecule has 0 saturated heterocycles. The molecule has 0 saturated carbocycles. The molecule has 2 rings (SSSR count). The summed E-state index contributed by atoms with van der Waals surface area (Å²) in [5, 5.41) is 0. The first kappa shape index (κ1) is 13.7. The molecule has 2 aromatic rings. The minimum absolute atomic E-state index is 0.332.